The molecule has 2 aromatic carbocycles. The maximum atomic E-state index is 12.2. The Morgan fingerprint density at radius 2 is 1.91 bits per heavy atom. The quantitative estimate of drug-likeness (QED) is 0.630. The molecule has 0 radical (unpaired) electrons. The summed E-state index contributed by atoms with van der Waals surface area (Å²) in [6.45, 7) is 0.139. The summed E-state index contributed by atoms with van der Waals surface area (Å²) in [6, 6.07) is 11.2. The summed E-state index contributed by atoms with van der Waals surface area (Å²) in [5.41, 5.74) is 0.816. The van der Waals surface area contributed by atoms with Gasteiger partial charge >= 0.3 is 5.97 Å². The number of ether oxygens (including phenoxy) is 3. The zero-order valence-electron chi connectivity index (χ0n) is 12.3. The van der Waals surface area contributed by atoms with Crippen LogP contribution in [0.25, 0.3) is 0 Å². The largest absolute Gasteiger partial charge is 0.454 e. The van der Waals surface area contributed by atoms with Crippen molar-refractivity contribution in [2.24, 2.45) is 0 Å². The van der Waals surface area contributed by atoms with Gasteiger partial charge in [-0.25, -0.2) is 13.2 Å². The molecule has 0 bridgehead atoms. The van der Waals surface area contributed by atoms with Crippen molar-refractivity contribution in [1.29, 1.82) is 0 Å². The zero-order valence-corrected chi connectivity index (χ0v) is 13.1. The first-order valence-corrected chi connectivity index (χ1v) is 8.85. The molecule has 2 aromatic rings. The van der Waals surface area contributed by atoms with Crippen LogP contribution in [0.5, 0.6) is 17.2 Å². The molecule has 0 fully saturated rings. The summed E-state index contributed by atoms with van der Waals surface area (Å²) in [6.07, 6.45) is 1.14. The summed E-state index contributed by atoms with van der Waals surface area (Å²) in [7, 11) is -3.17. The van der Waals surface area contributed by atoms with Crippen LogP contribution >= 0.6 is 0 Å². The van der Waals surface area contributed by atoms with Gasteiger partial charge in [-0.05, 0) is 29.8 Å². The Hall–Kier alpha value is -2.54. The van der Waals surface area contributed by atoms with E-state index in [1.165, 1.54) is 6.07 Å². The van der Waals surface area contributed by atoms with Gasteiger partial charge in [-0.15, -0.1) is 0 Å². The molecule has 0 aliphatic carbocycles. The molecular formula is C16H14O6S. The minimum absolute atomic E-state index is 0.127. The van der Waals surface area contributed by atoms with Crippen molar-refractivity contribution in [2.75, 3.05) is 13.0 Å². The van der Waals surface area contributed by atoms with Crippen molar-refractivity contribution < 1.29 is 27.4 Å². The van der Waals surface area contributed by atoms with Crippen LogP contribution in [-0.2, 0) is 15.6 Å². The van der Waals surface area contributed by atoms with Crippen LogP contribution in [0.1, 0.15) is 15.9 Å². The number of carbonyl (C=O) groups excluding carboxylic acids is 1. The molecule has 0 saturated heterocycles. The van der Waals surface area contributed by atoms with E-state index in [-0.39, 0.29) is 18.1 Å². The lowest BCUT2D eigenvalue weighted by molar-refractivity contribution is 0.0734. The number of sulfone groups is 1. The van der Waals surface area contributed by atoms with E-state index in [0.717, 1.165) is 6.26 Å². The van der Waals surface area contributed by atoms with Crippen LogP contribution in [-0.4, -0.2) is 27.4 Å². The molecule has 1 aliphatic heterocycles. The highest BCUT2D eigenvalue weighted by molar-refractivity contribution is 7.89. The van der Waals surface area contributed by atoms with E-state index < -0.39 is 15.8 Å². The minimum atomic E-state index is -3.17. The lowest BCUT2D eigenvalue weighted by Gasteiger charge is -2.07. The fraction of sp³-hybridized carbons (Fsp3) is 0.188. The highest BCUT2D eigenvalue weighted by atomic mass is 32.2. The standard InChI is InChI=1S/C16H14O6S/c1-23(18,19)9-11-3-2-4-12(7-11)16(17)22-13-5-6-14-15(8-13)21-10-20-14/h2-8H,9-10H2,1H3. The fourth-order valence-electron chi connectivity index (χ4n) is 2.20. The third kappa shape index (κ3) is 3.81. The molecule has 0 atom stereocenters. The predicted octanol–water partition coefficient (Wildman–Crippen LogP) is 2.18. The van der Waals surface area contributed by atoms with Gasteiger partial charge in [0.15, 0.2) is 21.3 Å². The third-order valence-corrected chi connectivity index (χ3v) is 4.00. The average Bonchev–Trinajstić information content (AvgIpc) is 2.93. The van der Waals surface area contributed by atoms with Gasteiger partial charge in [0.2, 0.25) is 6.79 Å². The van der Waals surface area contributed by atoms with Crippen LogP contribution in [0.4, 0.5) is 0 Å². The maximum Gasteiger partial charge on any atom is 0.343 e. The first kappa shape index (κ1) is 15.4. The predicted molar refractivity (Wildman–Crippen MR) is 82.5 cm³/mol. The lowest BCUT2D eigenvalue weighted by Crippen LogP contribution is -2.09. The molecule has 6 nitrogen and oxygen atoms in total. The highest BCUT2D eigenvalue weighted by Gasteiger charge is 2.16. The van der Waals surface area contributed by atoms with Crippen LogP contribution < -0.4 is 14.2 Å². The molecule has 23 heavy (non-hydrogen) atoms. The van der Waals surface area contributed by atoms with Gasteiger partial charge < -0.3 is 14.2 Å². The minimum Gasteiger partial charge on any atom is -0.454 e. The molecule has 0 unspecified atom stereocenters. The molecule has 0 saturated carbocycles. The van der Waals surface area contributed by atoms with Crippen molar-refractivity contribution in [3.8, 4) is 17.2 Å². The van der Waals surface area contributed by atoms with Crippen LogP contribution in [0, 0.1) is 0 Å². The molecule has 7 heteroatoms. The number of fused-ring (bicyclic) bond motifs is 1. The Morgan fingerprint density at radius 1 is 1.13 bits per heavy atom. The number of hydrogen-bond acceptors (Lipinski definition) is 6. The molecule has 0 amide bonds. The molecule has 0 aromatic heterocycles. The van der Waals surface area contributed by atoms with Gasteiger partial charge in [0.05, 0.1) is 11.3 Å². The van der Waals surface area contributed by atoms with Gasteiger partial charge in [0.1, 0.15) is 5.75 Å². The van der Waals surface area contributed by atoms with Crippen molar-refractivity contribution in [1.82, 2.24) is 0 Å². The second-order valence-electron chi connectivity index (χ2n) is 5.18. The van der Waals surface area contributed by atoms with Crippen molar-refractivity contribution in [3.63, 3.8) is 0 Å². The number of hydrogen-bond donors (Lipinski definition) is 0. The van der Waals surface area contributed by atoms with Crippen molar-refractivity contribution >= 4 is 15.8 Å². The van der Waals surface area contributed by atoms with E-state index in [1.54, 1.807) is 36.4 Å². The van der Waals surface area contributed by atoms with Crippen molar-refractivity contribution in [2.45, 2.75) is 5.75 Å². The number of carbonyl (C=O) groups is 1. The van der Waals surface area contributed by atoms with E-state index in [1.807, 2.05) is 0 Å². The third-order valence-electron chi connectivity index (χ3n) is 3.15. The van der Waals surface area contributed by atoms with Gasteiger partial charge in [-0.1, -0.05) is 12.1 Å². The molecule has 1 aliphatic rings. The topological polar surface area (TPSA) is 78.9 Å². The Kier molecular flexibility index (Phi) is 3.96. The molecule has 1 heterocycles. The monoisotopic (exact) mass is 334 g/mol. The average molecular weight is 334 g/mol. The lowest BCUT2D eigenvalue weighted by atomic mass is 10.1. The van der Waals surface area contributed by atoms with Gasteiger partial charge in [-0.2, -0.15) is 0 Å². The first-order chi connectivity index (χ1) is 10.9. The molecule has 120 valence electrons. The second-order valence-corrected chi connectivity index (χ2v) is 7.32. The summed E-state index contributed by atoms with van der Waals surface area (Å²) >= 11 is 0. The van der Waals surface area contributed by atoms with Crippen LogP contribution in [0.15, 0.2) is 42.5 Å². The van der Waals surface area contributed by atoms with E-state index in [2.05, 4.69) is 0 Å². The van der Waals surface area contributed by atoms with Gasteiger partial charge in [0.25, 0.3) is 0 Å². The highest BCUT2D eigenvalue weighted by Crippen LogP contribution is 2.35. The van der Waals surface area contributed by atoms with Crippen molar-refractivity contribution in [3.05, 3.63) is 53.6 Å². The summed E-state index contributed by atoms with van der Waals surface area (Å²) < 4.78 is 38.4. The SMILES string of the molecule is CS(=O)(=O)Cc1cccc(C(=O)Oc2ccc3c(c2)OCO3)c1. The summed E-state index contributed by atoms with van der Waals surface area (Å²) in [5.74, 6) is 0.742. The molecule has 0 N–H and O–H groups in total. The van der Waals surface area contributed by atoms with E-state index in [0.29, 0.717) is 22.8 Å². The molecule has 3 rings (SSSR count). The van der Waals surface area contributed by atoms with E-state index in [4.69, 9.17) is 14.2 Å². The van der Waals surface area contributed by atoms with Gasteiger partial charge in [-0.3, -0.25) is 0 Å². The molecule has 0 spiro atoms. The Morgan fingerprint density at radius 3 is 2.70 bits per heavy atom. The normalized spacial score (nSPS) is 12.9. The number of rotatable bonds is 4. The Bertz CT molecular complexity index is 857. The fourth-order valence-corrected chi connectivity index (χ4v) is 2.98. The Balaban J connectivity index is 1.77. The van der Waals surface area contributed by atoms with E-state index in [9.17, 15) is 13.2 Å². The van der Waals surface area contributed by atoms with Crippen LogP contribution in [0.2, 0.25) is 0 Å². The Labute approximate surface area is 133 Å². The first-order valence-electron chi connectivity index (χ1n) is 6.79. The second kappa shape index (κ2) is 5.92. The summed E-state index contributed by atoms with van der Waals surface area (Å²) in [5, 5.41) is 0. The van der Waals surface area contributed by atoms with Gasteiger partial charge in [0, 0.05) is 12.3 Å². The number of benzene rings is 2. The number of esters is 1. The zero-order chi connectivity index (χ0) is 16.4. The van der Waals surface area contributed by atoms with Crippen LogP contribution in [0.3, 0.4) is 0 Å². The summed E-state index contributed by atoms with van der Waals surface area (Å²) in [4.78, 5) is 12.2. The maximum absolute atomic E-state index is 12.2. The molecular weight excluding hydrogens is 320 g/mol. The van der Waals surface area contributed by atoms with E-state index >= 15 is 0 Å². The smallest absolute Gasteiger partial charge is 0.343 e.